The number of hydrogen-bond acceptors (Lipinski definition) is 3. The number of nitrogens with zero attached hydrogens (tertiary/aromatic N) is 1. The van der Waals surface area contributed by atoms with Crippen molar-refractivity contribution in [3.05, 3.63) is 35.1 Å². The molecule has 0 aromatic heterocycles. The Bertz CT molecular complexity index is 520. The van der Waals surface area contributed by atoms with E-state index in [9.17, 15) is 9.18 Å². The maximum Gasteiger partial charge on any atom is 0.248 e. The molecule has 2 saturated heterocycles. The average molecular weight is 277 g/mol. The third kappa shape index (κ3) is 2.43. The summed E-state index contributed by atoms with van der Waals surface area (Å²) in [5, 5.41) is 0. The van der Waals surface area contributed by atoms with Gasteiger partial charge in [-0.2, -0.15) is 0 Å². The molecule has 2 fully saturated rings. The van der Waals surface area contributed by atoms with Gasteiger partial charge in [0.1, 0.15) is 5.82 Å². The molecule has 0 spiro atoms. The Labute approximate surface area is 117 Å². The van der Waals surface area contributed by atoms with Crippen LogP contribution in [0.3, 0.4) is 0 Å². The van der Waals surface area contributed by atoms with Crippen LogP contribution in [0.5, 0.6) is 0 Å². The molecule has 2 heterocycles. The summed E-state index contributed by atoms with van der Waals surface area (Å²) in [4.78, 5) is 13.6. The summed E-state index contributed by atoms with van der Waals surface area (Å²) < 4.78 is 13.9. The average Bonchev–Trinajstić information content (AvgIpc) is 2.64. The Morgan fingerprint density at radius 2 is 1.95 bits per heavy atom. The van der Waals surface area contributed by atoms with Crippen LogP contribution in [0.4, 0.5) is 4.39 Å². The zero-order valence-corrected chi connectivity index (χ0v) is 11.4. The van der Waals surface area contributed by atoms with Crippen molar-refractivity contribution in [2.24, 2.45) is 11.5 Å². The van der Waals surface area contributed by atoms with Crippen LogP contribution in [0.1, 0.15) is 41.6 Å². The van der Waals surface area contributed by atoms with Crippen LogP contribution < -0.4 is 11.5 Å². The number of carbonyl (C=O) groups is 1. The molecule has 1 aromatic carbocycles. The lowest BCUT2D eigenvalue weighted by Crippen LogP contribution is -2.46. The minimum absolute atomic E-state index is 0.269. The van der Waals surface area contributed by atoms with Crippen molar-refractivity contribution in [2.45, 2.75) is 50.4 Å². The molecule has 108 valence electrons. The van der Waals surface area contributed by atoms with E-state index in [1.807, 2.05) is 0 Å². The first kappa shape index (κ1) is 13.5. The second-order valence-corrected chi connectivity index (χ2v) is 5.96. The van der Waals surface area contributed by atoms with E-state index in [0.29, 0.717) is 29.8 Å². The minimum atomic E-state index is -0.519. The highest BCUT2D eigenvalue weighted by Gasteiger charge is 2.39. The molecule has 4 nitrogen and oxygen atoms in total. The SMILES string of the molecule is NC(=O)c1ccc(F)c(CN2C3CCC2CC(N)C3)c1. The van der Waals surface area contributed by atoms with E-state index in [4.69, 9.17) is 11.5 Å². The molecule has 2 atom stereocenters. The van der Waals surface area contributed by atoms with Gasteiger partial charge in [0.05, 0.1) is 0 Å². The van der Waals surface area contributed by atoms with E-state index in [-0.39, 0.29) is 11.9 Å². The summed E-state index contributed by atoms with van der Waals surface area (Å²) in [6.07, 6.45) is 4.23. The number of primary amides is 1. The number of amides is 1. The first-order chi connectivity index (χ1) is 9.54. The fourth-order valence-electron chi connectivity index (χ4n) is 3.62. The number of carbonyl (C=O) groups excluding carboxylic acids is 1. The first-order valence-corrected chi connectivity index (χ1v) is 7.14. The van der Waals surface area contributed by atoms with Gasteiger partial charge in [0.25, 0.3) is 0 Å². The minimum Gasteiger partial charge on any atom is -0.366 e. The highest BCUT2D eigenvalue weighted by atomic mass is 19.1. The topological polar surface area (TPSA) is 72.4 Å². The normalized spacial score (nSPS) is 29.6. The molecule has 0 saturated carbocycles. The summed E-state index contributed by atoms with van der Waals surface area (Å²) in [6.45, 7) is 0.537. The van der Waals surface area contributed by atoms with Gasteiger partial charge in [-0.3, -0.25) is 9.69 Å². The Morgan fingerprint density at radius 1 is 1.30 bits per heavy atom. The zero-order valence-electron chi connectivity index (χ0n) is 11.4. The summed E-state index contributed by atoms with van der Waals surface area (Å²) in [5.41, 5.74) is 12.2. The molecule has 2 unspecified atom stereocenters. The monoisotopic (exact) mass is 277 g/mol. The van der Waals surface area contributed by atoms with E-state index in [0.717, 1.165) is 25.7 Å². The summed E-state index contributed by atoms with van der Waals surface area (Å²) in [7, 11) is 0. The van der Waals surface area contributed by atoms with E-state index in [2.05, 4.69) is 4.90 Å². The standard InChI is InChI=1S/C15H20FN3O/c16-14-4-1-9(15(18)20)5-10(14)8-19-12-2-3-13(19)7-11(17)6-12/h1,4-5,11-13H,2-3,6-8,17H2,(H2,18,20). The number of halogens is 1. The molecule has 1 aromatic rings. The van der Waals surface area contributed by atoms with Gasteiger partial charge in [-0.1, -0.05) is 0 Å². The molecular weight excluding hydrogens is 257 g/mol. The van der Waals surface area contributed by atoms with Crippen molar-refractivity contribution in [1.82, 2.24) is 4.90 Å². The molecule has 1 amide bonds. The van der Waals surface area contributed by atoms with Gasteiger partial charge in [0.2, 0.25) is 5.91 Å². The molecular formula is C15H20FN3O. The number of piperidine rings is 1. The lowest BCUT2D eigenvalue weighted by molar-refractivity contribution is 0.0999. The second kappa shape index (κ2) is 5.14. The number of hydrogen-bond donors (Lipinski definition) is 2. The van der Waals surface area contributed by atoms with Gasteiger partial charge in [0.15, 0.2) is 0 Å². The predicted molar refractivity (Wildman–Crippen MR) is 74.5 cm³/mol. The van der Waals surface area contributed by atoms with Crippen LogP contribution in [0.15, 0.2) is 18.2 Å². The highest BCUT2D eigenvalue weighted by Crippen LogP contribution is 2.36. The lowest BCUT2D eigenvalue weighted by atomic mass is 9.97. The van der Waals surface area contributed by atoms with Crippen LogP contribution in [-0.2, 0) is 6.54 Å². The Balaban J connectivity index is 1.81. The van der Waals surface area contributed by atoms with Crippen LogP contribution in [0.25, 0.3) is 0 Å². The van der Waals surface area contributed by atoms with Gasteiger partial charge < -0.3 is 11.5 Å². The van der Waals surface area contributed by atoms with E-state index >= 15 is 0 Å². The predicted octanol–water partition coefficient (Wildman–Crippen LogP) is 1.38. The van der Waals surface area contributed by atoms with Crippen LogP contribution in [0, 0.1) is 5.82 Å². The molecule has 2 bridgehead atoms. The molecule has 4 N–H and O–H groups in total. The third-order valence-electron chi connectivity index (χ3n) is 4.60. The maximum absolute atomic E-state index is 13.9. The van der Waals surface area contributed by atoms with E-state index in [1.165, 1.54) is 12.1 Å². The van der Waals surface area contributed by atoms with Crippen LogP contribution in [-0.4, -0.2) is 28.9 Å². The first-order valence-electron chi connectivity index (χ1n) is 7.14. The molecule has 2 aliphatic heterocycles. The van der Waals surface area contributed by atoms with Crippen LogP contribution in [0.2, 0.25) is 0 Å². The summed E-state index contributed by atoms with van der Waals surface area (Å²) >= 11 is 0. The molecule has 3 rings (SSSR count). The molecule has 0 aliphatic carbocycles. The Kier molecular flexibility index (Phi) is 3.48. The molecule has 20 heavy (non-hydrogen) atoms. The van der Waals surface area contributed by atoms with Gasteiger partial charge in [-0.15, -0.1) is 0 Å². The fourth-order valence-corrected chi connectivity index (χ4v) is 3.62. The van der Waals surface area contributed by atoms with Crippen molar-refractivity contribution < 1.29 is 9.18 Å². The summed E-state index contributed by atoms with van der Waals surface area (Å²) in [5.74, 6) is -0.792. The van der Waals surface area contributed by atoms with Crippen molar-refractivity contribution in [2.75, 3.05) is 0 Å². The zero-order chi connectivity index (χ0) is 14.3. The second-order valence-electron chi connectivity index (χ2n) is 5.96. The van der Waals surface area contributed by atoms with Crippen molar-refractivity contribution >= 4 is 5.91 Å². The highest BCUT2D eigenvalue weighted by molar-refractivity contribution is 5.92. The van der Waals surface area contributed by atoms with E-state index in [1.54, 1.807) is 6.07 Å². The van der Waals surface area contributed by atoms with Crippen molar-refractivity contribution in [3.63, 3.8) is 0 Å². The van der Waals surface area contributed by atoms with Gasteiger partial charge in [-0.25, -0.2) is 4.39 Å². The quantitative estimate of drug-likeness (QED) is 0.876. The number of nitrogens with two attached hydrogens (primary N) is 2. The maximum atomic E-state index is 13.9. The van der Waals surface area contributed by atoms with Gasteiger partial charge >= 0.3 is 0 Å². The number of benzene rings is 1. The smallest absolute Gasteiger partial charge is 0.248 e. The van der Waals surface area contributed by atoms with Crippen molar-refractivity contribution in [3.8, 4) is 0 Å². The van der Waals surface area contributed by atoms with Gasteiger partial charge in [0, 0.05) is 35.8 Å². The third-order valence-corrected chi connectivity index (χ3v) is 4.60. The lowest BCUT2D eigenvalue weighted by Gasteiger charge is -2.37. The summed E-state index contributed by atoms with van der Waals surface area (Å²) in [6, 6.07) is 5.49. The fraction of sp³-hybridized carbons (Fsp3) is 0.533. The van der Waals surface area contributed by atoms with Gasteiger partial charge in [-0.05, 0) is 43.9 Å². The number of rotatable bonds is 3. The van der Waals surface area contributed by atoms with E-state index < -0.39 is 5.91 Å². The van der Waals surface area contributed by atoms with Crippen LogP contribution >= 0.6 is 0 Å². The van der Waals surface area contributed by atoms with Crippen molar-refractivity contribution in [1.29, 1.82) is 0 Å². The largest absolute Gasteiger partial charge is 0.366 e. The molecule has 0 radical (unpaired) electrons. The Morgan fingerprint density at radius 3 is 2.55 bits per heavy atom. The molecule has 5 heteroatoms. The molecule has 2 aliphatic rings. The number of fused-ring (bicyclic) bond motifs is 2. The Hall–Kier alpha value is -1.46.